The summed E-state index contributed by atoms with van der Waals surface area (Å²) < 4.78 is 24.9. The van der Waals surface area contributed by atoms with Gasteiger partial charge in [0.1, 0.15) is 0 Å². The van der Waals surface area contributed by atoms with Crippen LogP contribution in [0.25, 0.3) is 0 Å². The number of aryl methyl sites for hydroxylation is 1. The van der Waals surface area contributed by atoms with Gasteiger partial charge in [0.25, 0.3) is 0 Å². The zero-order valence-electron chi connectivity index (χ0n) is 16.0. The van der Waals surface area contributed by atoms with E-state index in [2.05, 4.69) is 10.0 Å². The standard InChI is InChI=1S/C20H23N3O4S/c1-13-5-4-6-18(14(13)2)23-12-15(11-19(23)24)20(25)21-16-7-9-17(10-8-16)22-28(3,26)27/h4-10,15,22H,11-12H2,1-3H3,(H,21,25). The lowest BCUT2D eigenvalue weighted by molar-refractivity contribution is -0.122. The van der Waals surface area contributed by atoms with Crippen LogP contribution in [0.5, 0.6) is 0 Å². The van der Waals surface area contributed by atoms with Crippen LogP contribution >= 0.6 is 0 Å². The maximum absolute atomic E-state index is 12.6. The van der Waals surface area contributed by atoms with E-state index in [4.69, 9.17) is 0 Å². The molecule has 8 heteroatoms. The Kier molecular flexibility index (Phi) is 5.42. The minimum Gasteiger partial charge on any atom is -0.326 e. The molecule has 1 fully saturated rings. The van der Waals surface area contributed by atoms with Crippen LogP contribution in [0.2, 0.25) is 0 Å². The zero-order chi connectivity index (χ0) is 20.5. The van der Waals surface area contributed by atoms with Gasteiger partial charge >= 0.3 is 0 Å². The Bertz CT molecular complexity index is 1020. The fraction of sp³-hybridized carbons (Fsp3) is 0.300. The van der Waals surface area contributed by atoms with Crippen LogP contribution in [-0.2, 0) is 19.6 Å². The number of carbonyl (C=O) groups excluding carboxylic acids is 2. The molecule has 0 saturated carbocycles. The van der Waals surface area contributed by atoms with Crippen molar-refractivity contribution in [3.8, 4) is 0 Å². The van der Waals surface area contributed by atoms with Crippen molar-refractivity contribution in [2.24, 2.45) is 5.92 Å². The van der Waals surface area contributed by atoms with Crippen molar-refractivity contribution in [1.82, 2.24) is 0 Å². The third-order valence-corrected chi connectivity index (χ3v) is 5.42. The summed E-state index contributed by atoms with van der Waals surface area (Å²) in [6, 6.07) is 12.2. The Morgan fingerprint density at radius 1 is 1.07 bits per heavy atom. The minimum atomic E-state index is -3.35. The maximum Gasteiger partial charge on any atom is 0.229 e. The van der Waals surface area contributed by atoms with E-state index in [1.54, 1.807) is 29.2 Å². The Labute approximate surface area is 164 Å². The molecule has 0 aliphatic carbocycles. The molecule has 0 radical (unpaired) electrons. The normalized spacial score (nSPS) is 16.9. The lowest BCUT2D eigenvalue weighted by Crippen LogP contribution is -2.28. The lowest BCUT2D eigenvalue weighted by atomic mass is 10.1. The molecule has 1 saturated heterocycles. The molecule has 3 rings (SSSR count). The van der Waals surface area contributed by atoms with Crippen LogP contribution < -0.4 is 14.9 Å². The molecule has 1 aliphatic rings. The van der Waals surface area contributed by atoms with E-state index in [-0.39, 0.29) is 18.2 Å². The molecule has 1 unspecified atom stereocenters. The van der Waals surface area contributed by atoms with Crippen LogP contribution in [0, 0.1) is 19.8 Å². The van der Waals surface area contributed by atoms with Gasteiger partial charge in [0.15, 0.2) is 0 Å². The third kappa shape index (κ3) is 4.51. The van der Waals surface area contributed by atoms with E-state index < -0.39 is 15.9 Å². The van der Waals surface area contributed by atoms with Crippen molar-refractivity contribution in [3.05, 3.63) is 53.6 Å². The first-order chi connectivity index (χ1) is 13.1. The molecule has 0 bridgehead atoms. The van der Waals surface area contributed by atoms with Crippen molar-refractivity contribution in [1.29, 1.82) is 0 Å². The zero-order valence-corrected chi connectivity index (χ0v) is 16.8. The highest BCUT2D eigenvalue weighted by atomic mass is 32.2. The smallest absolute Gasteiger partial charge is 0.229 e. The van der Waals surface area contributed by atoms with Gasteiger partial charge in [-0.3, -0.25) is 14.3 Å². The van der Waals surface area contributed by atoms with Crippen molar-refractivity contribution in [2.45, 2.75) is 20.3 Å². The first-order valence-corrected chi connectivity index (χ1v) is 10.8. The van der Waals surface area contributed by atoms with Gasteiger partial charge in [0.05, 0.1) is 12.2 Å². The second-order valence-corrected chi connectivity index (χ2v) is 8.81. The summed E-state index contributed by atoms with van der Waals surface area (Å²) in [5.41, 5.74) is 3.93. The quantitative estimate of drug-likeness (QED) is 0.805. The van der Waals surface area contributed by atoms with Crippen LogP contribution in [0.1, 0.15) is 17.5 Å². The van der Waals surface area contributed by atoms with Gasteiger partial charge in [-0.25, -0.2) is 8.42 Å². The molecule has 148 valence electrons. The first-order valence-electron chi connectivity index (χ1n) is 8.89. The molecule has 28 heavy (non-hydrogen) atoms. The summed E-state index contributed by atoms with van der Waals surface area (Å²) in [5.74, 6) is -0.743. The van der Waals surface area contributed by atoms with Crippen molar-refractivity contribution < 1.29 is 18.0 Å². The highest BCUT2D eigenvalue weighted by Crippen LogP contribution is 2.30. The number of rotatable bonds is 5. The van der Waals surface area contributed by atoms with Crippen molar-refractivity contribution >= 4 is 38.9 Å². The molecule has 0 spiro atoms. The number of nitrogens with zero attached hydrogens (tertiary/aromatic N) is 1. The average Bonchev–Trinajstić information content (AvgIpc) is 2.99. The largest absolute Gasteiger partial charge is 0.326 e. The van der Waals surface area contributed by atoms with Crippen LogP contribution in [-0.4, -0.2) is 33.0 Å². The first kappa shape index (κ1) is 19.9. The third-order valence-electron chi connectivity index (χ3n) is 4.82. The van der Waals surface area contributed by atoms with Gasteiger partial charge in [-0.15, -0.1) is 0 Å². The second-order valence-electron chi connectivity index (χ2n) is 7.07. The van der Waals surface area contributed by atoms with E-state index in [1.165, 1.54) is 0 Å². The monoisotopic (exact) mass is 401 g/mol. The van der Waals surface area contributed by atoms with Gasteiger partial charge in [0.2, 0.25) is 21.8 Å². The van der Waals surface area contributed by atoms with Crippen LogP contribution in [0.3, 0.4) is 0 Å². The van der Waals surface area contributed by atoms with Gasteiger partial charge in [-0.05, 0) is 55.3 Å². The molecule has 1 aliphatic heterocycles. The van der Waals surface area contributed by atoms with Crippen LogP contribution in [0.4, 0.5) is 17.1 Å². The summed E-state index contributed by atoms with van der Waals surface area (Å²) in [5, 5.41) is 2.80. The number of nitrogens with one attached hydrogen (secondary N) is 2. The number of carbonyl (C=O) groups is 2. The summed E-state index contributed by atoms with van der Waals surface area (Å²) >= 11 is 0. The number of sulfonamides is 1. The minimum absolute atomic E-state index is 0.0680. The number of amides is 2. The van der Waals surface area contributed by atoms with Gasteiger partial charge in [0, 0.05) is 30.0 Å². The fourth-order valence-corrected chi connectivity index (χ4v) is 3.79. The predicted molar refractivity (Wildman–Crippen MR) is 110 cm³/mol. The van der Waals surface area contributed by atoms with E-state index >= 15 is 0 Å². The summed E-state index contributed by atoms with van der Waals surface area (Å²) in [6.07, 6.45) is 1.23. The summed E-state index contributed by atoms with van der Waals surface area (Å²) in [7, 11) is -3.35. The number of benzene rings is 2. The van der Waals surface area contributed by atoms with Crippen LogP contribution in [0.15, 0.2) is 42.5 Å². The number of hydrogen-bond donors (Lipinski definition) is 2. The SMILES string of the molecule is Cc1cccc(N2CC(C(=O)Nc3ccc(NS(C)(=O)=O)cc3)CC2=O)c1C. The molecule has 2 aromatic rings. The highest BCUT2D eigenvalue weighted by molar-refractivity contribution is 7.92. The Morgan fingerprint density at radius 2 is 1.71 bits per heavy atom. The lowest BCUT2D eigenvalue weighted by Gasteiger charge is -2.20. The topological polar surface area (TPSA) is 95.6 Å². The van der Waals surface area contributed by atoms with Gasteiger partial charge < -0.3 is 10.2 Å². The molecule has 2 amide bonds. The Morgan fingerprint density at radius 3 is 2.36 bits per heavy atom. The van der Waals surface area contributed by atoms with Crippen molar-refractivity contribution in [3.63, 3.8) is 0 Å². The molecular weight excluding hydrogens is 378 g/mol. The maximum atomic E-state index is 12.6. The van der Waals surface area contributed by atoms with E-state index in [1.807, 2.05) is 32.0 Å². The Balaban J connectivity index is 1.67. The van der Waals surface area contributed by atoms with E-state index in [9.17, 15) is 18.0 Å². The number of hydrogen-bond acceptors (Lipinski definition) is 4. The molecule has 2 aromatic carbocycles. The predicted octanol–water partition coefficient (Wildman–Crippen LogP) is 2.67. The van der Waals surface area contributed by atoms with E-state index in [0.717, 1.165) is 23.1 Å². The average molecular weight is 401 g/mol. The molecule has 1 heterocycles. The molecule has 0 aromatic heterocycles. The van der Waals surface area contributed by atoms with E-state index in [0.29, 0.717) is 17.9 Å². The number of anilines is 3. The fourth-order valence-electron chi connectivity index (χ4n) is 3.22. The molecular formula is C20H23N3O4S. The summed E-state index contributed by atoms with van der Waals surface area (Å²) in [6.45, 7) is 4.30. The summed E-state index contributed by atoms with van der Waals surface area (Å²) in [4.78, 5) is 26.7. The van der Waals surface area contributed by atoms with Gasteiger partial charge in [-0.2, -0.15) is 0 Å². The Hall–Kier alpha value is -2.87. The van der Waals surface area contributed by atoms with Gasteiger partial charge in [-0.1, -0.05) is 12.1 Å². The highest BCUT2D eigenvalue weighted by Gasteiger charge is 2.35. The molecule has 1 atom stereocenters. The molecule has 7 nitrogen and oxygen atoms in total. The van der Waals surface area contributed by atoms with Crippen molar-refractivity contribution in [2.75, 3.05) is 27.7 Å². The molecule has 2 N–H and O–H groups in total. The second kappa shape index (κ2) is 7.63.